The summed E-state index contributed by atoms with van der Waals surface area (Å²) in [6.45, 7) is 6.66. The maximum absolute atomic E-state index is 5.87. The third-order valence-corrected chi connectivity index (χ3v) is 4.33. The summed E-state index contributed by atoms with van der Waals surface area (Å²) in [5.41, 5.74) is 8.52. The molecule has 1 heterocycles. The third-order valence-electron chi connectivity index (χ3n) is 4.33. The van der Waals surface area contributed by atoms with Crippen LogP contribution in [0.15, 0.2) is 17.1 Å². The van der Waals surface area contributed by atoms with E-state index in [9.17, 15) is 0 Å². The summed E-state index contributed by atoms with van der Waals surface area (Å²) in [4.78, 5) is 6.73. The van der Waals surface area contributed by atoms with Gasteiger partial charge in [0.2, 0.25) is 0 Å². The number of ether oxygens (including phenoxy) is 2. The third kappa shape index (κ3) is 5.03. The number of guanidine groups is 1. The van der Waals surface area contributed by atoms with Crippen molar-refractivity contribution < 1.29 is 9.47 Å². The van der Waals surface area contributed by atoms with Crippen molar-refractivity contribution in [2.24, 2.45) is 10.7 Å². The molecule has 2 rings (SSSR count). The molecule has 24 heavy (non-hydrogen) atoms. The molecule has 0 fully saturated rings. The summed E-state index contributed by atoms with van der Waals surface area (Å²) in [6, 6.07) is 4.19. The van der Waals surface area contributed by atoms with E-state index in [1.54, 1.807) is 14.2 Å². The predicted molar refractivity (Wildman–Crippen MR) is 97.9 cm³/mol. The van der Waals surface area contributed by atoms with E-state index < -0.39 is 0 Å². The van der Waals surface area contributed by atoms with Gasteiger partial charge in [-0.1, -0.05) is 13.3 Å². The molecular weight excluding hydrogens is 304 g/mol. The lowest BCUT2D eigenvalue weighted by Crippen LogP contribution is -2.40. The average molecular weight is 334 g/mol. The van der Waals surface area contributed by atoms with Crippen LogP contribution in [0.2, 0.25) is 0 Å². The van der Waals surface area contributed by atoms with E-state index in [1.165, 1.54) is 11.1 Å². The van der Waals surface area contributed by atoms with Crippen LogP contribution in [-0.4, -0.2) is 51.3 Å². The molecule has 1 aromatic carbocycles. The molecule has 0 unspecified atom stereocenters. The molecule has 6 heteroatoms. The molecule has 1 aliphatic heterocycles. The molecule has 3 N–H and O–H groups in total. The molecule has 0 bridgehead atoms. The van der Waals surface area contributed by atoms with Crippen molar-refractivity contribution in [2.45, 2.75) is 32.7 Å². The Labute approximate surface area is 145 Å². The molecule has 0 amide bonds. The first-order valence-corrected chi connectivity index (χ1v) is 8.67. The van der Waals surface area contributed by atoms with Crippen LogP contribution < -0.4 is 20.5 Å². The molecule has 0 saturated heterocycles. The molecule has 0 aromatic heterocycles. The van der Waals surface area contributed by atoms with Gasteiger partial charge in [-0.3, -0.25) is 9.89 Å². The Morgan fingerprint density at radius 2 is 1.96 bits per heavy atom. The van der Waals surface area contributed by atoms with Crippen LogP contribution >= 0.6 is 0 Å². The minimum absolute atomic E-state index is 0.548. The van der Waals surface area contributed by atoms with Crippen LogP contribution in [0.4, 0.5) is 0 Å². The zero-order chi connectivity index (χ0) is 17.4. The van der Waals surface area contributed by atoms with Gasteiger partial charge in [0.15, 0.2) is 17.5 Å². The van der Waals surface area contributed by atoms with Crippen molar-refractivity contribution in [1.29, 1.82) is 0 Å². The maximum Gasteiger partial charge on any atom is 0.188 e. The molecule has 1 aromatic rings. The molecule has 1 aliphatic rings. The summed E-state index contributed by atoms with van der Waals surface area (Å²) in [5, 5.41) is 3.19. The van der Waals surface area contributed by atoms with E-state index in [2.05, 4.69) is 34.3 Å². The Morgan fingerprint density at radius 1 is 1.25 bits per heavy atom. The fourth-order valence-electron chi connectivity index (χ4n) is 2.89. The van der Waals surface area contributed by atoms with Gasteiger partial charge in [0.25, 0.3) is 0 Å². The van der Waals surface area contributed by atoms with E-state index >= 15 is 0 Å². The number of hydrogen-bond acceptors (Lipinski definition) is 4. The number of benzene rings is 1. The highest BCUT2D eigenvalue weighted by molar-refractivity contribution is 5.77. The Balaban J connectivity index is 1.85. The normalized spacial score (nSPS) is 15.0. The number of fused-ring (bicyclic) bond motifs is 1. The predicted octanol–water partition coefficient (Wildman–Crippen LogP) is 1.77. The fourth-order valence-corrected chi connectivity index (χ4v) is 2.89. The molecule has 0 spiro atoms. The van der Waals surface area contributed by atoms with Gasteiger partial charge in [-0.15, -0.1) is 0 Å². The lowest BCUT2D eigenvalue weighted by Gasteiger charge is -2.29. The van der Waals surface area contributed by atoms with Crippen LogP contribution in [0.25, 0.3) is 0 Å². The topological polar surface area (TPSA) is 72.1 Å². The number of rotatable bonds is 8. The SMILES string of the molecule is CCCCN=C(N)NCCN1CCc2cc(OC)c(OC)cc2C1. The first-order chi connectivity index (χ1) is 11.7. The molecular formula is C18H30N4O2. The zero-order valence-electron chi connectivity index (χ0n) is 15.1. The monoisotopic (exact) mass is 334 g/mol. The smallest absolute Gasteiger partial charge is 0.188 e. The van der Waals surface area contributed by atoms with Gasteiger partial charge < -0.3 is 20.5 Å². The molecule has 0 saturated carbocycles. The highest BCUT2D eigenvalue weighted by atomic mass is 16.5. The van der Waals surface area contributed by atoms with Crippen LogP contribution in [0.5, 0.6) is 11.5 Å². The van der Waals surface area contributed by atoms with Gasteiger partial charge in [0.1, 0.15) is 0 Å². The number of nitrogens with one attached hydrogen (secondary N) is 1. The van der Waals surface area contributed by atoms with Crippen molar-refractivity contribution >= 4 is 5.96 Å². The number of hydrogen-bond donors (Lipinski definition) is 2. The standard InChI is InChI=1S/C18H30N4O2/c1-4-5-7-20-18(19)21-8-10-22-9-6-14-11-16(23-2)17(24-3)12-15(14)13-22/h11-12H,4-10,13H2,1-3H3,(H3,19,20,21). The van der Waals surface area contributed by atoms with E-state index in [1.807, 2.05) is 0 Å². The zero-order valence-corrected chi connectivity index (χ0v) is 15.1. The van der Waals surface area contributed by atoms with E-state index in [0.717, 1.165) is 63.5 Å². The van der Waals surface area contributed by atoms with Gasteiger partial charge in [-0.25, -0.2) is 0 Å². The highest BCUT2D eigenvalue weighted by Crippen LogP contribution is 2.33. The first-order valence-electron chi connectivity index (χ1n) is 8.67. The van der Waals surface area contributed by atoms with Crippen molar-refractivity contribution in [2.75, 3.05) is 40.4 Å². The quantitative estimate of drug-likeness (QED) is 0.431. The lowest BCUT2D eigenvalue weighted by atomic mass is 9.99. The van der Waals surface area contributed by atoms with Gasteiger partial charge >= 0.3 is 0 Å². The number of unbranched alkanes of at least 4 members (excludes halogenated alkanes) is 1. The second-order valence-electron chi connectivity index (χ2n) is 6.05. The van der Waals surface area contributed by atoms with Crippen LogP contribution in [0, 0.1) is 0 Å². The molecule has 6 nitrogen and oxygen atoms in total. The van der Waals surface area contributed by atoms with Gasteiger partial charge in [0, 0.05) is 32.7 Å². The summed E-state index contributed by atoms with van der Waals surface area (Å²) in [6.07, 6.45) is 3.24. The number of methoxy groups -OCH3 is 2. The second kappa shape index (κ2) is 9.37. The Hall–Kier alpha value is -1.95. The lowest BCUT2D eigenvalue weighted by molar-refractivity contribution is 0.256. The van der Waals surface area contributed by atoms with Crippen molar-refractivity contribution in [3.8, 4) is 11.5 Å². The summed E-state index contributed by atoms with van der Waals surface area (Å²) in [7, 11) is 3.35. The number of aliphatic imine (C=N–C) groups is 1. The summed E-state index contributed by atoms with van der Waals surface area (Å²) in [5.74, 6) is 2.15. The van der Waals surface area contributed by atoms with Crippen molar-refractivity contribution in [3.05, 3.63) is 23.3 Å². The van der Waals surface area contributed by atoms with E-state index in [-0.39, 0.29) is 0 Å². The minimum atomic E-state index is 0.548. The number of nitrogens with zero attached hydrogens (tertiary/aromatic N) is 2. The van der Waals surface area contributed by atoms with E-state index in [0.29, 0.717) is 5.96 Å². The van der Waals surface area contributed by atoms with Gasteiger partial charge in [-0.05, 0) is 36.1 Å². The van der Waals surface area contributed by atoms with Gasteiger partial charge in [0.05, 0.1) is 14.2 Å². The van der Waals surface area contributed by atoms with Crippen LogP contribution in [0.1, 0.15) is 30.9 Å². The Morgan fingerprint density at radius 3 is 2.62 bits per heavy atom. The molecule has 0 atom stereocenters. The second-order valence-corrected chi connectivity index (χ2v) is 6.05. The van der Waals surface area contributed by atoms with Crippen molar-refractivity contribution in [3.63, 3.8) is 0 Å². The van der Waals surface area contributed by atoms with Gasteiger partial charge in [-0.2, -0.15) is 0 Å². The largest absolute Gasteiger partial charge is 0.493 e. The van der Waals surface area contributed by atoms with E-state index in [4.69, 9.17) is 15.2 Å². The molecule has 0 aliphatic carbocycles. The Bertz CT molecular complexity index is 560. The molecule has 134 valence electrons. The average Bonchev–Trinajstić information content (AvgIpc) is 2.60. The van der Waals surface area contributed by atoms with Crippen LogP contribution in [0.3, 0.4) is 0 Å². The highest BCUT2D eigenvalue weighted by Gasteiger charge is 2.19. The Kier molecular flexibility index (Phi) is 7.18. The minimum Gasteiger partial charge on any atom is -0.493 e. The summed E-state index contributed by atoms with van der Waals surface area (Å²) >= 11 is 0. The fraction of sp³-hybridized carbons (Fsp3) is 0.611. The maximum atomic E-state index is 5.87. The number of nitrogens with two attached hydrogens (primary N) is 1. The summed E-state index contributed by atoms with van der Waals surface area (Å²) < 4.78 is 10.8. The van der Waals surface area contributed by atoms with Crippen molar-refractivity contribution in [1.82, 2.24) is 10.2 Å². The van der Waals surface area contributed by atoms with Crippen LogP contribution in [-0.2, 0) is 13.0 Å². The molecule has 0 radical (unpaired) electrons. The first kappa shape index (κ1) is 18.4.